The Balaban J connectivity index is 1.91. The summed E-state index contributed by atoms with van der Waals surface area (Å²) in [5.74, 6) is 6.42. The van der Waals surface area contributed by atoms with Gasteiger partial charge in [-0.2, -0.15) is 0 Å². The number of aromatic carboxylic acids is 1. The Bertz CT molecular complexity index is 890. The minimum atomic E-state index is -0.946. The smallest absolute Gasteiger partial charge is 0.337 e. The number of aryl methyl sites for hydroxylation is 1. The van der Waals surface area contributed by atoms with Crippen LogP contribution in [0, 0.1) is 11.8 Å². The van der Waals surface area contributed by atoms with Gasteiger partial charge in [0.1, 0.15) is 5.69 Å². The number of fused-ring (bicyclic) bond motifs is 1. The van der Waals surface area contributed by atoms with Crippen LogP contribution in [0.25, 0.3) is 0 Å². The number of pyridine rings is 1. The highest BCUT2D eigenvalue weighted by molar-refractivity contribution is 7.99. The maximum absolute atomic E-state index is 11.2. The molecule has 3 nitrogen and oxygen atoms in total. The number of thioether (sulfide) groups is 1. The van der Waals surface area contributed by atoms with E-state index in [4.69, 9.17) is 0 Å². The average Bonchev–Trinajstić information content (AvgIpc) is 2.59. The number of benzene rings is 1. The summed E-state index contributed by atoms with van der Waals surface area (Å²) in [7, 11) is 0. The van der Waals surface area contributed by atoms with Crippen LogP contribution in [0.1, 0.15) is 60.1 Å². The topological polar surface area (TPSA) is 50.2 Å². The molecule has 0 saturated heterocycles. The molecule has 1 N–H and O–H groups in total. The Hall–Kier alpha value is -2.25. The lowest BCUT2D eigenvalue weighted by Gasteiger charge is -2.32. The number of carbonyl (C=O) groups is 1. The van der Waals surface area contributed by atoms with Crippen molar-refractivity contribution in [2.24, 2.45) is 0 Å². The normalized spacial score (nSPS) is 15.0. The molecule has 0 bridgehead atoms. The summed E-state index contributed by atoms with van der Waals surface area (Å²) < 4.78 is 0. The number of hydrogen-bond acceptors (Lipinski definition) is 3. The first-order chi connectivity index (χ1) is 11.9. The van der Waals surface area contributed by atoms with Crippen molar-refractivity contribution in [2.75, 3.05) is 5.75 Å². The summed E-state index contributed by atoms with van der Waals surface area (Å²) >= 11 is 1.89. The van der Waals surface area contributed by atoms with Crippen molar-refractivity contribution < 1.29 is 9.90 Å². The molecule has 1 aliphatic rings. The van der Waals surface area contributed by atoms with Crippen LogP contribution in [0.2, 0.25) is 0 Å². The Morgan fingerprint density at radius 2 is 2.08 bits per heavy atom. The highest BCUT2D eigenvalue weighted by Crippen LogP contribution is 2.41. The predicted octanol–water partition coefficient (Wildman–Crippen LogP) is 4.52. The van der Waals surface area contributed by atoms with E-state index in [9.17, 15) is 9.90 Å². The zero-order valence-corrected chi connectivity index (χ0v) is 15.5. The summed E-state index contributed by atoms with van der Waals surface area (Å²) in [4.78, 5) is 16.9. The van der Waals surface area contributed by atoms with Crippen LogP contribution in [0.15, 0.2) is 35.2 Å². The molecule has 0 spiro atoms. The molecule has 0 aliphatic carbocycles. The number of carboxylic acids is 1. The van der Waals surface area contributed by atoms with Gasteiger partial charge in [-0.05, 0) is 59.8 Å². The largest absolute Gasteiger partial charge is 0.478 e. The zero-order valence-electron chi connectivity index (χ0n) is 14.7. The van der Waals surface area contributed by atoms with Crippen molar-refractivity contribution in [3.05, 3.63) is 58.4 Å². The van der Waals surface area contributed by atoms with Gasteiger partial charge in [0.15, 0.2) is 0 Å². The van der Waals surface area contributed by atoms with Gasteiger partial charge in [0.05, 0.1) is 11.3 Å². The predicted molar refractivity (Wildman–Crippen MR) is 101 cm³/mol. The molecule has 0 saturated carbocycles. The molecule has 3 rings (SSSR count). The van der Waals surface area contributed by atoms with Crippen LogP contribution in [0.4, 0.5) is 0 Å². The molecule has 128 valence electrons. The molecule has 1 aliphatic heterocycles. The highest BCUT2D eigenvalue weighted by Gasteiger charge is 2.27. The molecular formula is C21H21NO2S. The molecule has 0 amide bonds. The van der Waals surface area contributed by atoms with Crippen molar-refractivity contribution in [3.63, 3.8) is 0 Å². The lowest BCUT2D eigenvalue weighted by Crippen LogP contribution is -2.22. The SMILES string of the molecule is CCc1nc(C#Cc2ccc3c(c2)SCCC3(C)C)ccc1C(=O)O. The molecule has 2 heterocycles. The lowest BCUT2D eigenvalue weighted by molar-refractivity contribution is 0.0695. The third-order valence-electron chi connectivity index (χ3n) is 4.57. The molecular weight excluding hydrogens is 330 g/mol. The highest BCUT2D eigenvalue weighted by atomic mass is 32.2. The first-order valence-electron chi connectivity index (χ1n) is 8.43. The molecule has 0 unspecified atom stereocenters. The summed E-state index contributed by atoms with van der Waals surface area (Å²) in [5.41, 5.74) is 4.00. The van der Waals surface area contributed by atoms with Gasteiger partial charge in [-0.3, -0.25) is 0 Å². The van der Waals surface area contributed by atoms with E-state index in [2.05, 4.69) is 48.9 Å². The fourth-order valence-corrected chi connectivity index (χ4v) is 4.54. The maximum atomic E-state index is 11.2. The van der Waals surface area contributed by atoms with Gasteiger partial charge in [-0.25, -0.2) is 9.78 Å². The first kappa shape index (κ1) is 17.6. The standard InChI is InChI=1S/C21H21NO2S/c1-4-18-16(20(23)24)9-8-15(22-18)7-5-14-6-10-17-19(13-14)25-12-11-21(17,2)3/h6,8-10,13H,4,11-12H2,1-3H3,(H,23,24). The Kier molecular flexibility index (Phi) is 4.87. The van der Waals surface area contributed by atoms with E-state index in [1.54, 1.807) is 12.1 Å². The first-order valence-corrected chi connectivity index (χ1v) is 9.42. The third-order valence-corrected chi connectivity index (χ3v) is 5.63. The van der Waals surface area contributed by atoms with Gasteiger partial charge in [-0.1, -0.05) is 32.8 Å². The zero-order chi connectivity index (χ0) is 18.0. The van der Waals surface area contributed by atoms with E-state index in [0.717, 1.165) is 11.3 Å². The van der Waals surface area contributed by atoms with Crippen LogP contribution in [0.5, 0.6) is 0 Å². The van der Waals surface area contributed by atoms with Crippen LogP contribution in [-0.2, 0) is 11.8 Å². The molecule has 0 atom stereocenters. The molecule has 0 radical (unpaired) electrons. The van der Waals surface area contributed by atoms with Crippen LogP contribution in [-0.4, -0.2) is 21.8 Å². The van der Waals surface area contributed by atoms with Crippen molar-refractivity contribution in [1.29, 1.82) is 0 Å². The van der Waals surface area contributed by atoms with Gasteiger partial charge in [0, 0.05) is 10.5 Å². The van der Waals surface area contributed by atoms with Gasteiger partial charge < -0.3 is 5.11 Å². The summed E-state index contributed by atoms with van der Waals surface area (Å²) in [6.45, 7) is 6.47. The van der Waals surface area contributed by atoms with E-state index in [-0.39, 0.29) is 11.0 Å². The molecule has 25 heavy (non-hydrogen) atoms. The van der Waals surface area contributed by atoms with E-state index in [1.807, 2.05) is 18.7 Å². The van der Waals surface area contributed by atoms with Crippen LogP contribution in [0.3, 0.4) is 0 Å². The van der Waals surface area contributed by atoms with Crippen LogP contribution >= 0.6 is 11.8 Å². The summed E-state index contributed by atoms with van der Waals surface area (Å²) in [6, 6.07) is 9.66. The number of carboxylic acid groups (broad SMARTS) is 1. The second-order valence-electron chi connectivity index (χ2n) is 6.79. The van der Waals surface area contributed by atoms with E-state index in [0.29, 0.717) is 17.8 Å². The van der Waals surface area contributed by atoms with Gasteiger partial charge >= 0.3 is 5.97 Å². The molecule has 1 aromatic carbocycles. The summed E-state index contributed by atoms with van der Waals surface area (Å²) in [5, 5.41) is 9.17. The second-order valence-corrected chi connectivity index (χ2v) is 7.93. The van der Waals surface area contributed by atoms with Crippen molar-refractivity contribution in [3.8, 4) is 11.8 Å². The molecule has 0 fully saturated rings. The Labute approximate surface area is 152 Å². The Morgan fingerprint density at radius 3 is 2.80 bits per heavy atom. The molecule has 4 heteroatoms. The van der Waals surface area contributed by atoms with Gasteiger partial charge in [-0.15, -0.1) is 11.8 Å². The molecule has 2 aromatic rings. The maximum Gasteiger partial charge on any atom is 0.337 e. The van der Waals surface area contributed by atoms with Gasteiger partial charge in [0.25, 0.3) is 0 Å². The third kappa shape index (κ3) is 3.72. The van der Waals surface area contributed by atoms with Crippen molar-refractivity contribution in [1.82, 2.24) is 4.98 Å². The van der Waals surface area contributed by atoms with Crippen molar-refractivity contribution in [2.45, 2.75) is 43.9 Å². The number of rotatable bonds is 2. The number of aromatic nitrogens is 1. The quantitative estimate of drug-likeness (QED) is 0.809. The minimum absolute atomic E-state index is 0.219. The van der Waals surface area contributed by atoms with E-state index >= 15 is 0 Å². The van der Waals surface area contributed by atoms with Crippen LogP contribution < -0.4 is 0 Å². The fourth-order valence-electron chi connectivity index (χ4n) is 3.00. The average molecular weight is 351 g/mol. The summed E-state index contributed by atoms with van der Waals surface area (Å²) in [6.07, 6.45) is 1.76. The number of nitrogens with zero attached hydrogens (tertiary/aromatic N) is 1. The molecule has 1 aromatic heterocycles. The fraction of sp³-hybridized carbons (Fsp3) is 0.333. The van der Waals surface area contributed by atoms with Crippen molar-refractivity contribution >= 4 is 17.7 Å². The minimum Gasteiger partial charge on any atom is -0.478 e. The van der Waals surface area contributed by atoms with Gasteiger partial charge in [0.2, 0.25) is 0 Å². The number of hydrogen-bond donors (Lipinski definition) is 1. The van der Waals surface area contributed by atoms with E-state index in [1.165, 1.54) is 16.9 Å². The van der Waals surface area contributed by atoms with E-state index < -0.39 is 5.97 Å². The second kappa shape index (κ2) is 6.93. The monoisotopic (exact) mass is 351 g/mol. The lowest BCUT2D eigenvalue weighted by atomic mass is 9.81. The Morgan fingerprint density at radius 1 is 1.28 bits per heavy atom.